The summed E-state index contributed by atoms with van der Waals surface area (Å²) in [6.07, 6.45) is 0.585. The Bertz CT molecular complexity index is 891. The SMILES string of the molecule is CCNC(=NCC(C)Oc1cccc(F)c1)NCCc1nc2ccccc2[nH]1. The van der Waals surface area contributed by atoms with Gasteiger partial charge >= 0.3 is 0 Å². The van der Waals surface area contributed by atoms with Crippen molar-refractivity contribution >= 4 is 17.0 Å². The van der Waals surface area contributed by atoms with E-state index < -0.39 is 0 Å². The van der Waals surface area contributed by atoms with Gasteiger partial charge in [0.1, 0.15) is 23.5 Å². The zero-order valence-corrected chi connectivity index (χ0v) is 16.2. The van der Waals surface area contributed by atoms with Crippen LogP contribution >= 0.6 is 0 Å². The van der Waals surface area contributed by atoms with Crippen molar-refractivity contribution in [3.63, 3.8) is 0 Å². The number of fused-ring (bicyclic) bond motifs is 1. The van der Waals surface area contributed by atoms with Crippen LogP contribution in [0.15, 0.2) is 53.5 Å². The molecule has 3 N–H and O–H groups in total. The van der Waals surface area contributed by atoms with Crippen molar-refractivity contribution in [1.82, 2.24) is 20.6 Å². The fourth-order valence-electron chi connectivity index (χ4n) is 2.79. The van der Waals surface area contributed by atoms with Gasteiger partial charge in [-0.05, 0) is 38.1 Å². The van der Waals surface area contributed by atoms with Gasteiger partial charge in [-0.3, -0.25) is 0 Å². The maximum Gasteiger partial charge on any atom is 0.191 e. The fourth-order valence-corrected chi connectivity index (χ4v) is 2.79. The third kappa shape index (κ3) is 5.70. The summed E-state index contributed by atoms with van der Waals surface area (Å²) in [6.45, 7) is 5.84. The second-order valence-corrected chi connectivity index (χ2v) is 6.48. The number of ether oxygens (including phenoxy) is 1. The van der Waals surface area contributed by atoms with Crippen molar-refractivity contribution in [1.29, 1.82) is 0 Å². The highest BCUT2D eigenvalue weighted by Crippen LogP contribution is 2.14. The molecule has 3 aromatic rings. The molecule has 0 bridgehead atoms. The Kier molecular flexibility index (Phi) is 6.84. The molecule has 1 atom stereocenters. The molecule has 7 heteroatoms. The minimum absolute atomic E-state index is 0.173. The van der Waals surface area contributed by atoms with Crippen molar-refractivity contribution in [3.05, 3.63) is 60.2 Å². The Balaban J connectivity index is 1.50. The van der Waals surface area contributed by atoms with Gasteiger partial charge < -0.3 is 20.4 Å². The first-order chi connectivity index (χ1) is 13.6. The lowest BCUT2D eigenvalue weighted by molar-refractivity contribution is 0.229. The number of halogens is 1. The van der Waals surface area contributed by atoms with Crippen LogP contribution in [0.5, 0.6) is 5.75 Å². The standard InChI is InChI=1S/C21H26FN5O/c1-3-23-21(25-14-15(2)28-17-8-6-7-16(22)13-17)24-12-11-20-26-18-9-4-5-10-19(18)27-20/h4-10,13,15H,3,11-12,14H2,1-2H3,(H,26,27)(H2,23,24,25). The van der Waals surface area contributed by atoms with Crippen LogP contribution in [-0.2, 0) is 6.42 Å². The molecule has 0 saturated heterocycles. The highest BCUT2D eigenvalue weighted by atomic mass is 19.1. The molecule has 0 fully saturated rings. The molecule has 1 unspecified atom stereocenters. The van der Waals surface area contributed by atoms with Crippen LogP contribution in [0.25, 0.3) is 11.0 Å². The van der Waals surface area contributed by atoms with Crippen molar-refractivity contribution < 1.29 is 9.13 Å². The predicted octanol–water partition coefficient (Wildman–Crippen LogP) is 3.27. The molecule has 1 aromatic heterocycles. The van der Waals surface area contributed by atoms with Gasteiger partial charge in [-0.15, -0.1) is 0 Å². The first-order valence-electron chi connectivity index (χ1n) is 9.52. The molecular formula is C21H26FN5O. The van der Waals surface area contributed by atoms with E-state index in [1.807, 2.05) is 38.1 Å². The molecule has 2 aromatic carbocycles. The van der Waals surface area contributed by atoms with Gasteiger partial charge in [-0.25, -0.2) is 14.4 Å². The molecule has 148 valence electrons. The zero-order valence-electron chi connectivity index (χ0n) is 16.2. The normalized spacial score (nSPS) is 12.8. The number of nitrogens with zero attached hydrogens (tertiary/aromatic N) is 2. The topological polar surface area (TPSA) is 74.3 Å². The van der Waals surface area contributed by atoms with Gasteiger partial charge in [0.2, 0.25) is 0 Å². The quantitative estimate of drug-likeness (QED) is 0.412. The molecule has 0 aliphatic rings. The van der Waals surface area contributed by atoms with Crippen LogP contribution in [0.4, 0.5) is 4.39 Å². The summed E-state index contributed by atoms with van der Waals surface area (Å²) >= 11 is 0. The number of aromatic nitrogens is 2. The fraction of sp³-hybridized carbons (Fsp3) is 0.333. The highest BCUT2D eigenvalue weighted by molar-refractivity contribution is 5.79. The van der Waals surface area contributed by atoms with Crippen molar-refractivity contribution in [3.8, 4) is 5.75 Å². The highest BCUT2D eigenvalue weighted by Gasteiger charge is 2.06. The van der Waals surface area contributed by atoms with Crippen LogP contribution in [-0.4, -0.2) is 41.7 Å². The summed E-state index contributed by atoms with van der Waals surface area (Å²) in [5.74, 6) is 1.85. The Morgan fingerprint density at radius 3 is 2.86 bits per heavy atom. The van der Waals surface area contributed by atoms with E-state index in [-0.39, 0.29) is 11.9 Å². The van der Waals surface area contributed by atoms with E-state index in [9.17, 15) is 4.39 Å². The van der Waals surface area contributed by atoms with Gasteiger partial charge in [-0.2, -0.15) is 0 Å². The molecule has 0 aliphatic carbocycles. The second-order valence-electron chi connectivity index (χ2n) is 6.48. The number of aliphatic imine (C=N–C) groups is 1. The summed E-state index contributed by atoms with van der Waals surface area (Å²) in [7, 11) is 0. The molecule has 3 rings (SSSR count). The molecule has 28 heavy (non-hydrogen) atoms. The summed E-state index contributed by atoms with van der Waals surface area (Å²) < 4.78 is 19.0. The van der Waals surface area contributed by atoms with Crippen LogP contribution in [0.1, 0.15) is 19.7 Å². The van der Waals surface area contributed by atoms with Gasteiger partial charge in [-0.1, -0.05) is 18.2 Å². The number of guanidine groups is 1. The van der Waals surface area contributed by atoms with E-state index in [2.05, 4.69) is 25.6 Å². The van der Waals surface area contributed by atoms with Crippen LogP contribution in [0.3, 0.4) is 0 Å². The Hall–Kier alpha value is -3.09. The molecule has 1 heterocycles. The number of H-pyrrole nitrogens is 1. The van der Waals surface area contributed by atoms with E-state index in [1.165, 1.54) is 12.1 Å². The van der Waals surface area contributed by atoms with E-state index >= 15 is 0 Å². The number of nitrogens with one attached hydrogen (secondary N) is 3. The first kappa shape index (κ1) is 19.7. The Morgan fingerprint density at radius 1 is 1.21 bits per heavy atom. The van der Waals surface area contributed by atoms with Gasteiger partial charge in [0.15, 0.2) is 5.96 Å². The summed E-state index contributed by atoms with van der Waals surface area (Å²) in [6, 6.07) is 14.1. The van der Waals surface area contributed by atoms with E-state index in [0.29, 0.717) is 24.8 Å². The first-order valence-corrected chi connectivity index (χ1v) is 9.52. The van der Waals surface area contributed by atoms with Gasteiger partial charge in [0, 0.05) is 25.6 Å². The van der Waals surface area contributed by atoms with Crippen molar-refractivity contribution in [2.45, 2.75) is 26.4 Å². The Labute approximate surface area is 164 Å². The molecule has 0 amide bonds. The minimum Gasteiger partial charge on any atom is -0.489 e. The van der Waals surface area contributed by atoms with E-state index in [4.69, 9.17) is 4.74 Å². The number of aromatic amines is 1. The number of imidazole rings is 1. The van der Waals surface area contributed by atoms with Crippen LogP contribution in [0.2, 0.25) is 0 Å². The lowest BCUT2D eigenvalue weighted by Crippen LogP contribution is -2.39. The lowest BCUT2D eigenvalue weighted by atomic mass is 10.3. The second kappa shape index (κ2) is 9.73. The number of rotatable bonds is 8. The Morgan fingerprint density at radius 2 is 2.07 bits per heavy atom. The average molecular weight is 383 g/mol. The third-order valence-electron chi connectivity index (χ3n) is 4.08. The molecular weight excluding hydrogens is 357 g/mol. The maximum absolute atomic E-state index is 13.2. The molecule has 6 nitrogen and oxygen atoms in total. The lowest BCUT2D eigenvalue weighted by Gasteiger charge is -2.15. The van der Waals surface area contributed by atoms with Gasteiger partial charge in [0.05, 0.1) is 17.6 Å². The number of benzene rings is 2. The van der Waals surface area contributed by atoms with Gasteiger partial charge in [0.25, 0.3) is 0 Å². The molecule has 0 saturated carbocycles. The van der Waals surface area contributed by atoms with Crippen LogP contribution in [0, 0.1) is 5.82 Å². The minimum atomic E-state index is -0.311. The van der Waals surface area contributed by atoms with Crippen molar-refractivity contribution in [2.24, 2.45) is 4.99 Å². The zero-order chi connectivity index (χ0) is 19.8. The molecule has 0 radical (unpaired) electrons. The predicted molar refractivity (Wildman–Crippen MR) is 110 cm³/mol. The molecule has 0 spiro atoms. The molecule has 0 aliphatic heterocycles. The van der Waals surface area contributed by atoms with E-state index in [1.54, 1.807) is 12.1 Å². The van der Waals surface area contributed by atoms with Crippen LogP contribution < -0.4 is 15.4 Å². The van der Waals surface area contributed by atoms with Crippen molar-refractivity contribution in [2.75, 3.05) is 19.6 Å². The largest absolute Gasteiger partial charge is 0.489 e. The van der Waals surface area contributed by atoms with E-state index in [0.717, 1.165) is 29.8 Å². The summed E-state index contributed by atoms with van der Waals surface area (Å²) in [5.41, 5.74) is 2.02. The number of hydrogen-bond acceptors (Lipinski definition) is 3. The smallest absolute Gasteiger partial charge is 0.191 e. The third-order valence-corrected chi connectivity index (χ3v) is 4.08. The number of hydrogen-bond donors (Lipinski definition) is 3. The average Bonchev–Trinajstić information content (AvgIpc) is 3.09. The summed E-state index contributed by atoms with van der Waals surface area (Å²) in [4.78, 5) is 12.4. The maximum atomic E-state index is 13.2. The summed E-state index contributed by atoms with van der Waals surface area (Å²) in [5, 5.41) is 6.52. The monoisotopic (exact) mass is 383 g/mol. The number of para-hydroxylation sites is 2.